The van der Waals surface area contributed by atoms with Crippen LogP contribution < -0.4 is 11.1 Å². The second kappa shape index (κ2) is 52.6. The lowest BCUT2D eigenvalue weighted by Crippen LogP contribution is -2.45. The summed E-state index contributed by atoms with van der Waals surface area (Å²) < 4.78 is 22.2. The summed E-state index contributed by atoms with van der Waals surface area (Å²) in [5, 5.41) is 13.7. The van der Waals surface area contributed by atoms with Gasteiger partial charge in [0.1, 0.15) is 0 Å². The van der Waals surface area contributed by atoms with E-state index in [1.807, 2.05) is 6.08 Å². The van der Waals surface area contributed by atoms with Crippen molar-refractivity contribution in [3.05, 3.63) is 12.2 Å². The smallest absolute Gasteiger partial charge is 0.387 e. The lowest BCUT2D eigenvalue weighted by Gasteiger charge is -2.23. The number of aliphatic hydroxyl groups is 1. The van der Waals surface area contributed by atoms with Gasteiger partial charge in [0.2, 0.25) is 5.91 Å². The first-order valence-electron chi connectivity index (χ1n) is 28.8. The lowest BCUT2D eigenvalue weighted by atomic mass is 10.0. The van der Waals surface area contributed by atoms with Crippen LogP contribution in [0.15, 0.2) is 12.2 Å². The normalized spacial score (nSPS) is 13.7. The monoisotopic (exact) mass is 941 g/mol. The summed E-state index contributed by atoms with van der Waals surface area (Å²) in [6, 6.07) is -0.854. The molecule has 65 heavy (non-hydrogen) atoms. The summed E-state index contributed by atoms with van der Waals surface area (Å²) in [6.07, 6.45) is 63.4. The summed E-state index contributed by atoms with van der Waals surface area (Å²) in [4.78, 5) is 22.8. The van der Waals surface area contributed by atoms with Gasteiger partial charge in [0.05, 0.1) is 25.4 Å². The Morgan fingerprint density at radius 1 is 0.492 bits per heavy atom. The van der Waals surface area contributed by atoms with Gasteiger partial charge in [0.25, 0.3) is 0 Å². The minimum Gasteiger partial charge on any atom is -0.387 e. The van der Waals surface area contributed by atoms with Gasteiger partial charge in [-0.2, -0.15) is 0 Å². The van der Waals surface area contributed by atoms with E-state index in [4.69, 9.17) is 14.8 Å². The lowest BCUT2D eigenvalue weighted by molar-refractivity contribution is -0.123. The maximum Gasteiger partial charge on any atom is 0.472 e. The summed E-state index contributed by atoms with van der Waals surface area (Å²) in [6.45, 7) is 4.15. The number of phosphoric ester groups is 1. The standard InChI is InChI=1S/C56H113N2O6P/c1-3-5-7-9-11-13-15-16-17-18-19-20-21-22-23-24-25-26-27-28-29-30-31-32-33-34-35-36-37-38-39-40-42-44-46-48-50-56(60)58-54(53-64-65(61,62)63-52-51-57)55(59)49-47-45-43-41-14-12-10-8-6-4-2/h47,49,54-55,59H,3-46,48,50-53,57H2,1-2H3,(H,58,60)(H,61,62)/b49-47+/t54-,55+/m0/s1. The predicted octanol–water partition coefficient (Wildman–Crippen LogP) is 17.5. The average Bonchev–Trinajstić information content (AvgIpc) is 3.30. The highest BCUT2D eigenvalue weighted by Crippen LogP contribution is 2.43. The van der Waals surface area contributed by atoms with Crippen LogP contribution in [0.2, 0.25) is 0 Å². The van der Waals surface area contributed by atoms with Crippen molar-refractivity contribution in [2.45, 2.75) is 321 Å². The number of aliphatic hydroxyl groups excluding tert-OH is 1. The highest BCUT2D eigenvalue weighted by Gasteiger charge is 2.27. The van der Waals surface area contributed by atoms with Crippen LogP contribution in [-0.2, 0) is 18.4 Å². The van der Waals surface area contributed by atoms with E-state index in [1.165, 1.54) is 250 Å². The molecule has 0 bridgehead atoms. The second-order valence-corrected chi connectivity index (χ2v) is 21.3. The molecule has 0 aromatic rings. The molecule has 0 rings (SSSR count). The third-order valence-corrected chi connectivity index (χ3v) is 14.3. The van der Waals surface area contributed by atoms with Crippen molar-refractivity contribution in [2.75, 3.05) is 19.8 Å². The third kappa shape index (κ3) is 50.9. The minimum atomic E-state index is -4.33. The van der Waals surface area contributed by atoms with Gasteiger partial charge in [-0.25, -0.2) is 4.57 Å². The SMILES string of the molecule is CCCCCCCCCC/C=C/[C@@H](O)[C@H](COP(=O)(O)OCCN)NC(=O)CCCCCCCCCCCCCCCCCCCCCCCCCCCCCCCCCCCCCC. The Kier molecular flexibility index (Phi) is 52.0. The molecule has 5 N–H and O–H groups in total. The number of amides is 1. The zero-order valence-corrected chi connectivity index (χ0v) is 44.4. The van der Waals surface area contributed by atoms with Crippen LogP contribution in [0.4, 0.5) is 0 Å². The molecule has 0 saturated heterocycles. The first-order valence-corrected chi connectivity index (χ1v) is 30.3. The molecule has 388 valence electrons. The highest BCUT2D eigenvalue weighted by atomic mass is 31.2. The van der Waals surface area contributed by atoms with Crippen molar-refractivity contribution in [1.29, 1.82) is 0 Å². The van der Waals surface area contributed by atoms with E-state index in [1.54, 1.807) is 6.08 Å². The number of carbonyl (C=O) groups is 1. The molecular weight excluding hydrogens is 828 g/mol. The minimum absolute atomic E-state index is 0.0813. The Morgan fingerprint density at radius 3 is 1.09 bits per heavy atom. The summed E-state index contributed by atoms with van der Waals surface area (Å²) in [5.41, 5.74) is 5.38. The van der Waals surface area contributed by atoms with E-state index < -0.39 is 20.0 Å². The van der Waals surface area contributed by atoms with Crippen molar-refractivity contribution in [1.82, 2.24) is 5.32 Å². The Labute approximate surface area is 405 Å². The van der Waals surface area contributed by atoms with Crippen LogP contribution in [0.3, 0.4) is 0 Å². The number of nitrogens with two attached hydrogens (primary N) is 1. The molecule has 0 aliphatic rings. The van der Waals surface area contributed by atoms with Gasteiger partial charge in [0.15, 0.2) is 0 Å². The molecule has 0 aliphatic carbocycles. The fourth-order valence-electron chi connectivity index (χ4n) is 9.02. The van der Waals surface area contributed by atoms with Crippen LogP contribution >= 0.6 is 7.82 Å². The Balaban J connectivity index is 3.69. The first-order chi connectivity index (χ1) is 31.9. The predicted molar refractivity (Wildman–Crippen MR) is 282 cm³/mol. The number of nitrogens with one attached hydrogen (secondary N) is 1. The molecule has 0 aromatic heterocycles. The van der Waals surface area contributed by atoms with Gasteiger partial charge in [-0.1, -0.05) is 296 Å². The molecule has 1 unspecified atom stereocenters. The van der Waals surface area contributed by atoms with Crippen LogP contribution in [0, 0.1) is 0 Å². The maximum atomic E-state index is 12.8. The molecule has 8 nitrogen and oxygen atoms in total. The van der Waals surface area contributed by atoms with Crippen molar-refractivity contribution < 1.29 is 28.4 Å². The van der Waals surface area contributed by atoms with Crippen LogP contribution in [0.1, 0.15) is 309 Å². The van der Waals surface area contributed by atoms with Gasteiger partial charge >= 0.3 is 7.82 Å². The number of phosphoric acid groups is 1. The topological polar surface area (TPSA) is 131 Å². The highest BCUT2D eigenvalue weighted by molar-refractivity contribution is 7.47. The molecule has 0 aromatic carbocycles. The fraction of sp³-hybridized carbons (Fsp3) is 0.946. The van der Waals surface area contributed by atoms with Crippen molar-refractivity contribution in [3.63, 3.8) is 0 Å². The second-order valence-electron chi connectivity index (χ2n) is 19.9. The largest absolute Gasteiger partial charge is 0.472 e. The molecule has 9 heteroatoms. The molecular formula is C56H113N2O6P. The van der Waals surface area contributed by atoms with E-state index in [0.29, 0.717) is 6.42 Å². The summed E-state index contributed by atoms with van der Waals surface area (Å²) in [7, 11) is -4.33. The Hall–Kier alpha value is -0.760. The maximum absolute atomic E-state index is 12.8. The average molecular weight is 942 g/mol. The number of rotatable bonds is 55. The molecule has 3 atom stereocenters. The molecule has 0 heterocycles. The van der Waals surface area contributed by atoms with Gasteiger partial charge in [-0.15, -0.1) is 0 Å². The van der Waals surface area contributed by atoms with Crippen LogP contribution in [-0.4, -0.2) is 47.8 Å². The third-order valence-electron chi connectivity index (χ3n) is 13.4. The van der Waals surface area contributed by atoms with Crippen LogP contribution in [0.5, 0.6) is 0 Å². The number of allylic oxidation sites excluding steroid dienone is 1. The van der Waals surface area contributed by atoms with Gasteiger partial charge in [0, 0.05) is 13.0 Å². The first kappa shape index (κ1) is 64.2. The van der Waals surface area contributed by atoms with Crippen LogP contribution in [0.25, 0.3) is 0 Å². The van der Waals surface area contributed by atoms with Crippen molar-refractivity contribution in [3.8, 4) is 0 Å². The molecule has 0 saturated carbocycles. The van der Waals surface area contributed by atoms with Gasteiger partial charge in [-0.05, 0) is 19.3 Å². The van der Waals surface area contributed by atoms with E-state index in [2.05, 4.69) is 19.2 Å². The van der Waals surface area contributed by atoms with Crippen molar-refractivity contribution >= 4 is 13.7 Å². The number of carbonyl (C=O) groups excluding carboxylic acids is 1. The van der Waals surface area contributed by atoms with E-state index >= 15 is 0 Å². The number of unbranched alkanes of at least 4 members (excludes halogenated alkanes) is 43. The quantitative estimate of drug-likeness (QED) is 0.0271. The van der Waals surface area contributed by atoms with Crippen molar-refractivity contribution in [2.24, 2.45) is 5.73 Å². The molecule has 0 radical (unpaired) electrons. The Morgan fingerprint density at radius 2 is 0.785 bits per heavy atom. The molecule has 0 spiro atoms. The molecule has 0 fully saturated rings. The number of hydrogen-bond acceptors (Lipinski definition) is 6. The molecule has 0 aliphatic heterocycles. The van der Waals surface area contributed by atoms with E-state index in [9.17, 15) is 19.4 Å². The summed E-state index contributed by atoms with van der Waals surface area (Å²) >= 11 is 0. The zero-order valence-electron chi connectivity index (χ0n) is 43.5. The van der Waals surface area contributed by atoms with E-state index in [-0.39, 0.29) is 25.7 Å². The van der Waals surface area contributed by atoms with Gasteiger partial charge in [-0.3, -0.25) is 13.8 Å². The Bertz CT molecular complexity index is 1030. The fourth-order valence-corrected chi connectivity index (χ4v) is 9.78. The zero-order chi connectivity index (χ0) is 47.4. The number of hydrogen-bond donors (Lipinski definition) is 4. The van der Waals surface area contributed by atoms with E-state index in [0.717, 1.165) is 38.5 Å². The van der Waals surface area contributed by atoms with Gasteiger partial charge < -0.3 is 21.1 Å². The summed E-state index contributed by atoms with van der Waals surface area (Å²) in [5.74, 6) is -0.189. The molecule has 1 amide bonds.